The number of hydrogen-bond donors (Lipinski definition) is 1. The van der Waals surface area contributed by atoms with Crippen LogP contribution in [0.2, 0.25) is 5.02 Å². The average molecular weight is 264 g/mol. The van der Waals surface area contributed by atoms with Crippen LogP contribution in [0.1, 0.15) is 36.1 Å². The van der Waals surface area contributed by atoms with Crippen LogP contribution in [0.3, 0.4) is 0 Å². The molecule has 1 atom stereocenters. The first-order chi connectivity index (χ1) is 8.60. The zero-order valence-corrected chi connectivity index (χ0v) is 11.5. The average Bonchev–Trinajstić information content (AvgIpc) is 2.76. The Labute approximate surface area is 113 Å². The molecule has 0 saturated carbocycles. The van der Waals surface area contributed by atoms with E-state index in [4.69, 9.17) is 17.3 Å². The first kappa shape index (κ1) is 13.1. The minimum absolute atomic E-state index is 0.173. The van der Waals surface area contributed by atoms with E-state index < -0.39 is 0 Å². The molecule has 0 bridgehead atoms. The summed E-state index contributed by atoms with van der Waals surface area (Å²) in [6.07, 6.45) is 4.90. The third-order valence-electron chi connectivity index (χ3n) is 2.89. The number of aromatic nitrogens is 2. The number of nitrogens with zero attached hydrogens (tertiary/aromatic N) is 2. The van der Waals surface area contributed by atoms with Crippen molar-refractivity contribution >= 4 is 11.6 Å². The predicted molar refractivity (Wildman–Crippen MR) is 74.7 cm³/mol. The number of hydrogen-bond acceptors (Lipinski definition) is 2. The molecule has 0 aliphatic carbocycles. The molecule has 2 N–H and O–H groups in total. The van der Waals surface area contributed by atoms with E-state index in [-0.39, 0.29) is 6.04 Å². The van der Waals surface area contributed by atoms with Crippen molar-refractivity contribution in [2.45, 2.75) is 32.9 Å². The monoisotopic (exact) mass is 263 g/mol. The quantitative estimate of drug-likeness (QED) is 0.920. The molecule has 18 heavy (non-hydrogen) atoms. The van der Waals surface area contributed by atoms with Crippen molar-refractivity contribution in [2.24, 2.45) is 5.73 Å². The molecule has 1 aromatic carbocycles. The maximum absolute atomic E-state index is 6.25. The van der Waals surface area contributed by atoms with E-state index in [1.807, 2.05) is 36.1 Å². The van der Waals surface area contributed by atoms with Gasteiger partial charge in [-0.1, -0.05) is 24.6 Å². The lowest BCUT2D eigenvalue weighted by Gasteiger charge is -2.11. The van der Waals surface area contributed by atoms with E-state index >= 15 is 0 Å². The Morgan fingerprint density at radius 1 is 1.33 bits per heavy atom. The minimum atomic E-state index is -0.173. The molecule has 2 aromatic rings. The van der Waals surface area contributed by atoms with Crippen LogP contribution in [0.4, 0.5) is 0 Å². The van der Waals surface area contributed by atoms with Crippen LogP contribution in [-0.4, -0.2) is 9.78 Å². The fourth-order valence-electron chi connectivity index (χ4n) is 2.03. The van der Waals surface area contributed by atoms with Gasteiger partial charge >= 0.3 is 0 Å². The van der Waals surface area contributed by atoms with E-state index in [1.54, 1.807) is 0 Å². The van der Waals surface area contributed by atoms with Crippen LogP contribution in [0, 0.1) is 6.92 Å². The van der Waals surface area contributed by atoms with Crippen LogP contribution >= 0.6 is 11.6 Å². The van der Waals surface area contributed by atoms with Gasteiger partial charge in [0.25, 0.3) is 0 Å². The highest BCUT2D eigenvalue weighted by atomic mass is 35.5. The van der Waals surface area contributed by atoms with Crippen molar-refractivity contribution in [3.05, 3.63) is 52.3 Å². The molecule has 1 heterocycles. The number of rotatable bonds is 4. The Bertz CT molecular complexity index is 513. The first-order valence-electron chi connectivity index (χ1n) is 6.15. The summed E-state index contributed by atoms with van der Waals surface area (Å²) in [4.78, 5) is 0. The van der Waals surface area contributed by atoms with E-state index in [0.29, 0.717) is 0 Å². The molecular weight excluding hydrogens is 246 g/mol. The van der Waals surface area contributed by atoms with Gasteiger partial charge < -0.3 is 5.73 Å². The highest BCUT2D eigenvalue weighted by molar-refractivity contribution is 6.30. The smallest absolute Gasteiger partial charge is 0.0583 e. The third kappa shape index (κ3) is 2.92. The predicted octanol–water partition coefficient (Wildman–Crippen LogP) is 3.30. The van der Waals surface area contributed by atoms with Gasteiger partial charge in [0.2, 0.25) is 0 Å². The summed E-state index contributed by atoms with van der Waals surface area (Å²) in [5, 5.41) is 5.02. The lowest BCUT2D eigenvalue weighted by molar-refractivity contribution is 0.602. The summed E-state index contributed by atoms with van der Waals surface area (Å²) in [5.74, 6) is 0. The first-order valence-corrected chi connectivity index (χ1v) is 6.53. The zero-order chi connectivity index (χ0) is 13.1. The third-order valence-corrected chi connectivity index (χ3v) is 3.11. The highest BCUT2D eigenvalue weighted by Crippen LogP contribution is 2.23. The Morgan fingerprint density at radius 2 is 2.11 bits per heavy atom. The fourth-order valence-corrected chi connectivity index (χ4v) is 2.33. The summed E-state index contributed by atoms with van der Waals surface area (Å²) in [6.45, 7) is 5.06. The summed E-state index contributed by atoms with van der Waals surface area (Å²) < 4.78 is 1.92. The molecule has 0 spiro atoms. The maximum Gasteiger partial charge on any atom is 0.0583 e. The summed E-state index contributed by atoms with van der Waals surface area (Å²) in [6, 6.07) is 5.73. The van der Waals surface area contributed by atoms with Gasteiger partial charge in [0.15, 0.2) is 0 Å². The summed E-state index contributed by atoms with van der Waals surface area (Å²) in [7, 11) is 0. The SMILES string of the molecule is CCCn1cc(C(N)c2cc(C)cc(Cl)c2)cn1. The number of benzene rings is 1. The van der Waals surface area contributed by atoms with E-state index in [2.05, 4.69) is 18.1 Å². The number of halogens is 1. The highest BCUT2D eigenvalue weighted by Gasteiger charge is 2.12. The van der Waals surface area contributed by atoms with Crippen molar-refractivity contribution in [3.63, 3.8) is 0 Å². The lowest BCUT2D eigenvalue weighted by Crippen LogP contribution is -2.11. The van der Waals surface area contributed by atoms with Gasteiger partial charge in [-0.2, -0.15) is 5.10 Å². The van der Waals surface area contributed by atoms with E-state index in [0.717, 1.165) is 34.7 Å². The van der Waals surface area contributed by atoms with Crippen molar-refractivity contribution in [1.82, 2.24) is 9.78 Å². The van der Waals surface area contributed by atoms with Gasteiger partial charge in [0, 0.05) is 23.3 Å². The Morgan fingerprint density at radius 3 is 2.78 bits per heavy atom. The molecule has 0 aliphatic rings. The van der Waals surface area contributed by atoms with Crippen molar-refractivity contribution in [1.29, 1.82) is 0 Å². The van der Waals surface area contributed by atoms with Gasteiger partial charge in [-0.15, -0.1) is 0 Å². The van der Waals surface area contributed by atoms with Crippen LogP contribution in [0.25, 0.3) is 0 Å². The second kappa shape index (κ2) is 5.55. The van der Waals surface area contributed by atoms with Gasteiger partial charge in [0.1, 0.15) is 0 Å². The molecule has 1 unspecified atom stereocenters. The molecule has 0 fully saturated rings. The molecule has 96 valence electrons. The molecule has 4 heteroatoms. The maximum atomic E-state index is 6.25. The van der Waals surface area contributed by atoms with Gasteiger partial charge in [-0.05, 0) is 36.6 Å². The summed E-state index contributed by atoms with van der Waals surface area (Å²) >= 11 is 6.06. The van der Waals surface area contributed by atoms with Gasteiger partial charge in [0.05, 0.1) is 12.2 Å². The summed E-state index contributed by atoms with van der Waals surface area (Å²) in [5.41, 5.74) is 9.41. The standard InChI is InChI=1S/C14H18ClN3/c1-3-4-18-9-12(8-17-18)14(16)11-5-10(2)6-13(15)7-11/h5-9,14H,3-4,16H2,1-2H3. The number of aryl methyl sites for hydroxylation is 2. The lowest BCUT2D eigenvalue weighted by atomic mass is 10.0. The Kier molecular flexibility index (Phi) is 4.04. The number of nitrogens with two attached hydrogens (primary N) is 1. The van der Waals surface area contributed by atoms with Crippen LogP contribution in [0.15, 0.2) is 30.6 Å². The Hall–Kier alpha value is -1.32. The van der Waals surface area contributed by atoms with Crippen molar-refractivity contribution in [3.8, 4) is 0 Å². The van der Waals surface area contributed by atoms with Crippen LogP contribution < -0.4 is 5.73 Å². The molecular formula is C14H18ClN3. The molecule has 0 amide bonds. The second-order valence-electron chi connectivity index (χ2n) is 4.58. The minimum Gasteiger partial charge on any atom is -0.320 e. The van der Waals surface area contributed by atoms with Crippen LogP contribution in [0.5, 0.6) is 0 Å². The van der Waals surface area contributed by atoms with E-state index in [9.17, 15) is 0 Å². The molecule has 0 aliphatic heterocycles. The normalized spacial score (nSPS) is 12.7. The topological polar surface area (TPSA) is 43.8 Å². The molecule has 1 aromatic heterocycles. The zero-order valence-electron chi connectivity index (χ0n) is 10.7. The largest absolute Gasteiger partial charge is 0.320 e. The van der Waals surface area contributed by atoms with Crippen LogP contribution in [-0.2, 0) is 6.54 Å². The van der Waals surface area contributed by atoms with Gasteiger partial charge in [-0.3, -0.25) is 4.68 Å². The molecule has 0 radical (unpaired) electrons. The molecule has 2 rings (SSSR count). The van der Waals surface area contributed by atoms with Crippen molar-refractivity contribution in [2.75, 3.05) is 0 Å². The molecule has 3 nitrogen and oxygen atoms in total. The van der Waals surface area contributed by atoms with Gasteiger partial charge in [-0.25, -0.2) is 0 Å². The Balaban J connectivity index is 2.26. The fraction of sp³-hybridized carbons (Fsp3) is 0.357. The second-order valence-corrected chi connectivity index (χ2v) is 5.01. The molecule has 0 saturated heterocycles. The van der Waals surface area contributed by atoms with E-state index in [1.165, 1.54) is 0 Å². The van der Waals surface area contributed by atoms with Crippen molar-refractivity contribution < 1.29 is 0 Å².